The van der Waals surface area contributed by atoms with Crippen molar-refractivity contribution in [1.29, 1.82) is 0 Å². The number of thiophene rings is 1. The highest BCUT2D eigenvalue weighted by atomic mass is 32.1. The van der Waals surface area contributed by atoms with E-state index in [9.17, 15) is 5.11 Å². The molecule has 0 aliphatic carbocycles. The third kappa shape index (κ3) is 2.62. The molecular weight excluding hydrogens is 246 g/mol. The van der Waals surface area contributed by atoms with Crippen molar-refractivity contribution in [2.24, 2.45) is 0 Å². The number of rotatable bonds is 4. The molecule has 2 aromatic rings. The largest absolute Gasteiger partial charge is 0.387 e. The van der Waals surface area contributed by atoms with Gasteiger partial charge in [0, 0.05) is 22.2 Å². The average Bonchev–Trinajstić information content (AvgIpc) is 2.87. The molecule has 1 N–H and O–H groups in total. The Kier molecular flexibility index (Phi) is 3.82. The third-order valence-corrected chi connectivity index (χ3v) is 4.28. The molecule has 0 aliphatic rings. The number of aromatic nitrogens is 3. The molecule has 0 amide bonds. The molecule has 1 unspecified atom stereocenters. The predicted octanol–water partition coefficient (Wildman–Crippen LogP) is 2.81. The van der Waals surface area contributed by atoms with E-state index in [1.807, 2.05) is 4.68 Å². The molecule has 0 radical (unpaired) electrons. The summed E-state index contributed by atoms with van der Waals surface area (Å²) < 4.78 is 1.86. The molecule has 0 fully saturated rings. The van der Waals surface area contributed by atoms with Crippen LogP contribution in [0.4, 0.5) is 0 Å². The smallest absolute Gasteiger partial charge is 0.138 e. The first-order chi connectivity index (χ1) is 8.49. The number of aliphatic hydroxyl groups is 1. The Morgan fingerprint density at radius 1 is 1.39 bits per heavy atom. The van der Waals surface area contributed by atoms with E-state index in [0.717, 1.165) is 10.7 Å². The first kappa shape index (κ1) is 13.2. The second-order valence-corrected chi connectivity index (χ2v) is 6.11. The molecular formula is C13H19N3OS. The monoisotopic (exact) mass is 265 g/mol. The van der Waals surface area contributed by atoms with Crippen molar-refractivity contribution in [3.63, 3.8) is 0 Å². The van der Waals surface area contributed by atoms with Gasteiger partial charge in [-0.15, -0.1) is 11.3 Å². The molecule has 0 bridgehead atoms. The van der Waals surface area contributed by atoms with Crippen LogP contribution in [-0.2, 0) is 6.42 Å². The highest BCUT2D eigenvalue weighted by Crippen LogP contribution is 2.28. The molecule has 1 atom stereocenters. The van der Waals surface area contributed by atoms with Crippen molar-refractivity contribution in [2.45, 2.75) is 46.3 Å². The Balaban J connectivity index is 2.16. The number of hydrogen-bond acceptors (Lipinski definition) is 4. The molecule has 0 saturated carbocycles. The van der Waals surface area contributed by atoms with Crippen LogP contribution >= 0.6 is 11.3 Å². The maximum absolute atomic E-state index is 10.3. The predicted molar refractivity (Wildman–Crippen MR) is 72.9 cm³/mol. The first-order valence-electron chi connectivity index (χ1n) is 6.12. The van der Waals surface area contributed by atoms with Crippen LogP contribution in [0.15, 0.2) is 12.4 Å². The van der Waals surface area contributed by atoms with Gasteiger partial charge in [0.25, 0.3) is 0 Å². The zero-order valence-corrected chi connectivity index (χ0v) is 12.0. The molecule has 0 saturated heterocycles. The van der Waals surface area contributed by atoms with E-state index in [2.05, 4.69) is 43.8 Å². The van der Waals surface area contributed by atoms with Gasteiger partial charge in [0.05, 0.1) is 6.10 Å². The Hall–Kier alpha value is -1.20. The van der Waals surface area contributed by atoms with Crippen molar-refractivity contribution in [1.82, 2.24) is 14.8 Å². The van der Waals surface area contributed by atoms with Gasteiger partial charge < -0.3 is 5.11 Å². The van der Waals surface area contributed by atoms with E-state index in [4.69, 9.17) is 0 Å². The normalized spacial score (nSPS) is 13.2. The van der Waals surface area contributed by atoms with Crippen LogP contribution in [-0.4, -0.2) is 19.9 Å². The molecule has 5 heteroatoms. The van der Waals surface area contributed by atoms with E-state index in [0.29, 0.717) is 6.42 Å². The van der Waals surface area contributed by atoms with E-state index in [1.165, 1.54) is 10.4 Å². The summed E-state index contributed by atoms with van der Waals surface area (Å²) in [5, 5.41) is 14.4. The van der Waals surface area contributed by atoms with E-state index in [-0.39, 0.29) is 6.04 Å². The summed E-state index contributed by atoms with van der Waals surface area (Å²) in [5.74, 6) is 0.834. The number of aryl methyl sites for hydroxylation is 2. The van der Waals surface area contributed by atoms with Crippen LogP contribution in [0.3, 0.4) is 0 Å². The van der Waals surface area contributed by atoms with Gasteiger partial charge in [0.2, 0.25) is 0 Å². The van der Waals surface area contributed by atoms with E-state index >= 15 is 0 Å². The van der Waals surface area contributed by atoms with Gasteiger partial charge in [0.1, 0.15) is 12.2 Å². The summed E-state index contributed by atoms with van der Waals surface area (Å²) in [4.78, 5) is 6.49. The zero-order chi connectivity index (χ0) is 13.3. The van der Waals surface area contributed by atoms with Crippen molar-refractivity contribution < 1.29 is 5.11 Å². The third-order valence-electron chi connectivity index (χ3n) is 3.03. The molecule has 2 aromatic heterocycles. The van der Waals surface area contributed by atoms with E-state index < -0.39 is 6.10 Å². The second kappa shape index (κ2) is 5.20. The fourth-order valence-corrected chi connectivity index (χ4v) is 2.92. The van der Waals surface area contributed by atoms with Crippen LogP contribution < -0.4 is 0 Å². The van der Waals surface area contributed by atoms with Crippen molar-refractivity contribution >= 4 is 11.3 Å². The quantitative estimate of drug-likeness (QED) is 0.924. The van der Waals surface area contributed by atoms with Crippen molar-refractivity contribution in [3.05, 3.63) is 33.5 Å². The van der Waals surface area contributed by atoms with Crippen molar-refractivity contribution in [2.75, 3.05) is 0 Å². The van der Waals surface area contributed by atoms with Gasteiger partial charge in [-0.2, -0.15) is 5.10 Å². The fourth-order valence-electron chi connectivity index (χ4n) is 1.89. The lowest BCUT2D eigenvalue weighted by Crippen LogP contribution is -2.11. The SMILES string of the molecule is Cc1cc(C(O)Cc2ncnn2C(C)C)sc1C. The molecule has 18 heavy (non-hydrogen) atoms. The molecule has 0 aliphatic heterocycles. The zero-order valence-electron chi connectivity index (χ0n) is 11.2. The Morgan fingerprint density at radius 3 is 2.67 bits per heavy atom. The molecule has 0 spiro atoms. The molecule has 0 aromatic carbocycles. The summed E-state index contributed by atoms with van der Waals surface area (Å²) in [6, 6.07) is 2.32. The summed E-state index contributed by atoms with van der Waals surface area (Å²) in [7, 11) is 0. The summed E-state index contributed by atoms with van der Waals surface area (Å²) in [6.45, 7) is 8.26. The lowest BCUT2D eigenvalue weighted by atomic mass is 10.2. The lowest BCUT2D eigenvalue weighted by molar-refractivity contribution is 0.177. The van der Waals surface area contributed by atoms with Crippen LogP contribution in [0.25, 0.3) is 0 Å². The highest BCUT2D eigenvalue weighted by molar-refractivity contribution is 7.12. The maximum atomic E-state index is 10.3. The molecule has 2 rings (SSSR count). The topological polar surface area (TPSA) is 50.9 Å². The minimum atomic E-state index is -0.496. The van der Waals surface area contributed by atoms with Crippen LogP contribution in [0, 0.1) is 13.8 Å². The Bertz CT molecular complexity index is 511. The van der Waals surface area contributed by atoms with Crippen molar-refractivity contribution in [3.8, 4) is 0 Å². The molecule has 2 heterocycles. The average molecular weight is 265 g/mol. The van der Waals surface area contributed by atoms with Crippen LogP contribution in [0.2, 0.25) is 0 Å². The van der Waals surface area contributed by atoms with Gasteiger partial charge in [-0.05, 0) is 39.3 Å². The second-order valence-electron chi connectivity index (χ2n) is 4.82. The summed E-state index contributed by atoms with van der Waals surface area (Å²) in [6.07, 6.45) is 1.56. The van der Waals surface area contributed by atoms with Gasteiger partial charge in [0.15, 0.2) is 0 Å². The Morgan fingerprint density at radius 2 is 2.11 bits per heavy atom. The lowest BCUT2D eigenvalue weighted by Gasteiger charge is -2.12. The van der Waals surface area contributed by atoms with Gasteiger partial charge in [-0.1, -0.05) is 0 Å². The summed E-state index contributed by atoms with van der Waals surface area (Å²) in [5.41, 5.74) is 1.24. The minimum absolute atomic E-state index is 0.265. The molecule has 98 valence electrons. The molecule has 4 nitrogen and oxygen atoms in total. The number of aliphatic hydroxyl groups excluding tert-OH is 1. The summed E-state index contributed by atoms with van der Waals surface area (Å²) >= 11 is 1.65. The van der Waals surface area contributed by atoms with Gasteiger partial charge in [-0.25, -0.2) is 9.67 Å². The standard InChI is InChI=1S/C13H19N3OS/c1-8(2)16-13(14-7-15-16)6-11(17)12-5-9(3)10(4)18-12/h5,7-8,11,17H,6H2,1-4H3. The number of hydrogen-bond donors (Lipinski definition) is 1. The Labute approximate surface area is 111 Å². The van der Waals surface area contributed by atoms with Gasteiger partial charge in [-0.3, -0.25) is 0 Å². The number of nitrogens with zero attached hydrogens (tertiary/aromatic N) is 3. The van der Waals surface area contributed by atoms with Crippen LogP contribution in [0.5, 0.6) is 0 Å². The maximum Gasteiger partial charge on any atom is 0.138 e. The fraction of sp³-hybridized carbons (Fsp3) is 0.538. The minimum Gasteiger partial charge on any atom is -0.387 e. The highest BCUT2D eigenvalue weighted by Gasteiger charge is 2.16. The first-order valence-corrected chi connectivity index (χ1v) is 6.94. The van der Waals surface area contributed by atoms with Gasteiger partial charge >= 0.3 is 0 Å². The van der Waals surface area contributed by atoms with Crippen LogP contribution in [0.1, 0.15) is 47.1 Å². The van der Waals surface area contributed by atoms with E-state index in [1.54, 1.807) is 17.7 Å².